The van der Waals surface area contributed by atoms with Crippen molar-refractivity contribution in [2.75, 3.05) is 18.0 Å². The van der Waals surface area contributed by atoms with Gasteiger partial charge in [-0.1, -0.05) is 6.92 Å². The average Bonchev–Trinajstić information content (AvgIpc) is 2.92. The van der Waals surface area contributed by atoms with E-state index in [9.17, 15) is 4.79 Å². The van der Waals surface area contributed by atoms with E-state index in [1.165, 1.54) is 12.8 Å². The molecule has 2 aromatic heterocycles. The van der Waals surface area contributed by atoms with E-state index in [1.54, 1.807) is 12.4 Å². The number of benzene rings is 1. The van der Waals surface area contributed by atoms with Crippen molar-refractivity contribution in [3.63, 3.8) is 0 Å². The number of anilines is 1. The monoisotopic (exact) mass is 309 g/mol. The zero-order valence-electron chi connectivity index (χ0n) is 13.0. The molecule has 0 aliphatic carbocycles. The van der Waals surface area contributed by atoms with E-state index in [-0.39, 0.29) is 0 Å². The van der Waals surface area contributed by atoms with Crippen molar-refractivity contribution in [3.05, 3.63) is 30.1 Å². The number of nitrogens with zero attached hydrogens (tertiary/aromatic N) is 3. The lowest BCUT2D eigenvalue weighted by Crippen LogP contribution is -2.34. The summed E-state index contributed by atoms with van der Waals surface area (Å²) in [5.74, 6) is 1.17. The minimum Gasteiger partial charge on any atom is -0.366 e. The molecular weight excluding hydrogens is 290 g/mol. The fourth-order valence-electron chi connectivity index (χ4n) is 3.48. The third-order valence-electron chi connectivity index (χ3n) is 4.61. The first-order valence-electron chi connectivity index (χ1n) is 7.94. The molecule has 4 rings (SSSR count). The molecule has 6 nitrogen and oxygen atoms in total. The van der Waals surface area contributed by atoms with Crippen molar-refractivity contribution >= 4 is 33.7 Å². The second-order valence-electron chi connectivity index (χ2n) is 6.36. The number of rotatable bonds is 2. The highest BCUT2D eigenvalue weighted by Gasteiger charge is 2.21. The van der Waals surface area contributed by atoms with Crippen LogP contribution in [0.25, 0.3) is 21.9 Å². The number of carbonyl (C=O) groups excluding carboxylic acids is 1. The van der Waals surface area contributed by atoms with Gasteiger partial charge in [0.2, 0.25) is 5.91 Å². The Labute approximate surface area is 133 Å². The summed E-state index contributed by atoms with van der Waals surface area (Å²) >= 11 is 0. The third kappa shape index (κ3) is 2.30. The van der Waals surface area contributed by atoms with Crippen LogP contribution in [0.1, 0.15) is 30.1 Å². The molecule has 1 amide bonds. The van der Waals surface area contributed by atoms with Crippen LogP contribution in [0.3, 0.4) is 0 Å². The summed E-state index contributed by atoms with van der Waals surface area (Å²) in [6, 6.07) is 5.44. The predicted octanol–water partition coefficient (Wildman–Crippen LogP) is 2.45. The second-order valence-corrected chi connectivity index (χ2v) is 6.36. The number of aromatic amines is 1. The molecule has 1 fully saturated rings. The molecule has 1 aromatic carbocycles. The van der Waals surface area contributed by atoms with Gasteiger partial charge in [0.15, 0.2) is 0 Å². The van der Waals surface area contributed by atoms with E-state index in [2.05, 4.69) is 26.8 Å². The van der Waals surface area contributed by atoms with Gasteiger partial charge in [-0.25, -0.2) is 9.97 Å². The van der Waals surface area contributed by atoms with Crippen LogP contribution in [0, 0.1) is 5.92 Å². The minimum atomic E-state index is -0.425. The maximum absolute atomic E-state index is 11.5. The number of nitrogens with one attached hydrogen (secondary N) is 1. The number of H-pyrrole nitrogens is 1. The quantitative estimate of drug-likeness (QED) is 0.761. The third-order valence-corrected chi connectivity index (χ3v) is 4.61. The van der Waals surface area contributed by atoms with Crippen LogP contribution in [0.5, 0.6) is 0 Å². The zero-order valence-corrected chi connectivity index (χ0v) is 13.0. The van der Waals surface area contributed by atoms with Crippen LogP contribution in [0.15, 0.2) is 24.5 Å². The summed E-state index contributed by atoms with van der Waals surface area (Å²) in [5, 5.41) is 1.92. The van der Waals surface area contributed by atoms with Gasteiger partial charge in [0, 0.05) is 29.6 Å². The normalized spacial score (nSPS) is 18.7. The van der Waals surface area contributed by atoms with Crippen LogP contribution >= 0.6 is 0 Å². The van der Waals surface area contributed by atoms with Crippen LogP contribution in [0.2, 0.25) is 0 Å². The first-order valence-corrected chi connectivity index (χ1v) is 7.94. The fraction of sp³-hybridized carbons (Fsp3) is 0.353. The fourth-order valence-corrected chi connectivity index (χ4v) is 3.48. The second kappa shape index (κ2) is 5.22. The highest BCUT2D eigenvalue weighted by Crippen LogP contribution is 2.33. The molecule has 6 heteroatoms. The smallest absolute Gasteiger partial charge is 0.248 e. The van der Waals surface area contributed by atoms with Crippen molar-refractivity contribution in [3.8, 4) is 0 Å². The van der Waals surface area contributed by atoms with Gasteiger partial charge in [-0.15, -0.1) is 0 Å². The molecule has 0 radical (unpaired) electrons. The molecule has 0 spiro atoms. The number of carbonyl (C=O) groups is 1. The van der Waals surface area contributed by atoms with Gasteiger partial charge >= 0.3 is 0 Å². The van der Waals surface area contributed by atoms with Gasteiger partial charge in [-0.3, -0.25) is 4.79 Å². The number of hydrogen-bond acceptors (Lipinski definition) is 4. The highest BCUT2D eigenvalue weighted by atomic mass is 16.1. The van der Waals surface area contributed by atoms with Gasteiger partial charge in [-0.05, 0) is 37.0 Å². The lowest BCUT2D eigenvalue weighted by Gasteiger charge is -2.32. The summed E-state index contributed by atoms with van der Waals surface area (Å²) in [7, 11) is 0. The van der Waals surface area contributed by atoms with Gasteiger partial charge < -0.3 is 15.6 Å². The molecule has 1 saturated heterocycles. The Kier molecular flexibility index (Phi) is 3.18. The standard InChI is InChI=1S/C17H19N5O/c1-10-3-2-6-22(8-10)17-14-12-7-11(15(18)23)4-5-13(12)21-16(14)19-9-20-17/h4-5,7,9-10H,2-3,6,8H2,1H3,(H2,18,23)(H,19,20,21). The SMILES string of the molecule is CC1CCCN(c2ncnc3[nH]c4ccc(C(N)=O)cc4c23)C1. The maximum Gasteiger partial charge on any atom is 0.248 e. The maximum atomic E-state index is 11.5. The summed E-state index contributed by atoms with van der Waals surface area (Å²) in [6.07, 6.45) is 4.02. The molecule has 3 aromatic rings. The first kappa shape index (κ1) is 14.0. The number of piperidine rings is 1. The summed E-state index contributed by atoms with van der Waals surface area (Å²) < 4.78 is 0. The van der Waals surface area contributed by atoms with E-state index in [4.69, 9.17) is 5.73 Å². The minimum absolute atomic E-state index is 0.425. The Morgan fingerprint density at radius 2 is 2.26 bits per heavy atom. The Morgan fingerprint density at radius 1 is 1.39 bits per heavy atom. The van der Waals surface area contributed by atoms with E-state index in [0.29, 0.717) is 11.5 Å². The number of primary amides is 1. The molecular formula is C17H19N5O. The molecule has 1 unspecified atom stereocenters. The van der Waals surface area contributed by atoms with Crippen molar-refractivity contribution < 1.29 is 4.79 Å². The molecule has 1 aliphatic rings. The topological polar surface area (TPSA) is 87.9 Å². The molecule has 3 heterocycles. The average molecular weight is 309 g/mol. The van der Waals surface area contributed by atoms with Crippen molar-refractivity contribution in [1.29, 1.82) is 0 Å². The molecule has 0 saturated carbocycles. The van der Waals surface area contributed by atoms with Crippen LogP contribution in [0.4, 0.5) is 5.82 Å². The van der Waals surface area contributed by atoms with Crippen LogP contribution in [-0.4, -0.2) is 33.9 Å². The van der Waals surface area contributed by atoms with Crippen molar-refractivity contribution in [2.24, 2.45) is 11.7 Å². The predicted molar refractivity (Wildman–Crippen MR) is 90.5 cm³/mol. The lowest BCUT2D eigenvalue weighted by atomic mass is 10.00. The Bertz CT molecular complexity index is 901. The van der Waals surface area contributed by atoms with Crippen molar-refractivity contribution in [1.82, 2.24) is 15.0 Å². The van der Waals surface area contributed by atoms with Gasteiger partial charge in [0.25, 0.3) is 0 Å². The number of nitrogens with two attached hydrogens (primary N) is 1. The molecule has 1 atom stereocenters. The highest BCUT2D eigenvalue weighted by molar-refractivity contribution is 6.13. The Morgan fingerprint density at radius 3 is 3.04 bits per heavy atom. The van der Waals surface area contributed by atoms with Crippen LogP contribution < -0.4 is 10.6 Å². The molecule has 3 N–H and O–H groups in total. The van der Waals surface area contributed by atoms with E-state index < -0.39 is 5.91 Å². The summed E-state index contributed by atoms with van der Waals surface area (Å²) in [6.45, 7) is 4.26. The number of fused-ring (bicyclic) bond motifs is 3. The summed E-state index contributed by atoms with van der Waals surface area (Å²) in [5.41, 5.74) is 7.66. The molecule has 0 bridgehead atoms. The number of aromatic nitrogens is 3. The first-order chi connectivity index (χ1) is 11.1. The largest absolute Gasteiger partial charge is 0.366 e. The van der Waals surface area contributed by atoms with E-state index in [0.717, 1.165) is 40.8 Å². The zero-order chi connectivity index (χ0) is 16.0. The molecule has 1 aliphatic heterocycles. The summed E-state index contributed by atoms with van der Waals surface area (Å²) in [4.78, 5) is 26.0. The molecule has 118 valence electrons. The Balaban J connectivity index is 1.95. The van der Waals surface area contributed by atoms with Crippen molar-refractivity contribution in [2.45, 2.75) is 19.8 Å². The lowest BCUT2D eigenvalue weighted by molar-refractivity contribution is 0.100. The van der Waals surface area contributed by atoms with Crippen LogP contribution in [-0.2, 0) is 0 Å². The van der Waals surface area contributed by atoms with Gasteiger partial charge in [-0.2, -0.15) is 0 Å². The number of amides is 1. The van der Waals surface area contributed by atoms with Gasteiger partial charge in [0.1, 0.15) is 17.8 Å². The Hall–Kier alpha value is -2.63. The molecule has 23 heavy (non-hydrogen) atoms. The number of hydrogen-bond donors (Lipinski definition) is 2. The van der Waals surface area contributed by atoms with E-state index >= 15 is 0 Å². The van der Waals surface area contributed by atoms with Gasteiger partial charge in [0.05, 0.1) is 5.39 Å². The van der Waals surface area contributed by atoms with E-state index in [1.807, 2.05) is 12.1 Å².